The van der Waals surface area contributed by atoms with Crippen molar-refractivity contribution in [3.8, 4) is 11.5 Å². The summed E-state index contributed by atoms with van der Waals surface area (Å²) in [6.45, 7) is 5.20. The second-order valence-corrected chi connectivity index (χ2v) is 7.01. The number of hydrogen-bond acceptors (Lipinski definition) is 7. The zero-order valence-corrected chi connectivity index (χ0v) is 17.7. The molecular formula is C23H21N2O7-. The second kappa shape index (κ2) is 9.34. The molecule has 0 radical (unpaired) electrons. The predicted molar refractivity (Wildman–Crippen MR) is 113 cm³/mol. The molecule has 9 heteroatoms. The van der Waals surface area contributed by atoms with E-state index in [2.05, 4.69) is 5.32 Å². The van der Waals surface area contributed by atoms with E-state index in [-0.39, 0.29) is 23.7 Å². The first-order chi connectivity index (χ1) is 15.2. The van der Waals surface area contributed by atoms with Gasteiger partial charge >= 0.3 is 6.03 Å². The van der Waals surface area contributed by atoms with Crippen LogP contribution in [0.2, 0.25) is 0 Å². The van der Waals surface area contributed by atoms with Gasteiger partial charge in [0.1, 0.15) is 11.7 Å². The molecule has 1 atom stereocenters. The van der Waals surface area contributed by atoms with Gasteiger partial charge in [-0.05, 0) is 56.7 Å². The van der Waals surface area contributed by atoms with Crippen molar-refractivity contribution in [1.82, 2.24) is 5.32 Å². The number of nitrogens with one attached hydrogen (secondary N) is 1. The van der Waals surface area contributed by atoms with Crippen LogP contribution in [0.1, 0.15) is 25.0 Å². The summed E-state index contributed by atoms with van der Waals surface area (Å²) >= 11 is 0. The van der Waals surface area contributed by atoms with Gasteiger partial charge in [0.15, 0.2) is 11.5 Å². The fourth-order valence-corrected chi connectivity index (χ4v) is 2.97. The molecule has 1 heterocycles. The Labute approximate surface area is 184 Å². The monoisotopic (exact) mass is 437 g/mol. The van der Waals surface area contributed by atoms with E-state index in [0.29, 0.717) is 11.3 Å². The largest absolute Gasteiger partial charge is 0.546 e. The molecule has 2 aromatic carbocycles. The number of carbonyl (C=O) groups excluding carboxylic acids is 4. The number of hydrogen-bond donors (Lipinski definition) is 1. The number of carboxylic acids is 1. The number of carboxylic acid groups (broad SMARTS) is 1. The molecule has 0 spiro atoms. The third kappa shape index (κ3) is 4.77. The Morgan fingerprint density at radius 3 is 2.44 bits per heavy atom. The average molecular weight is 437 g/mol. The summed E-state index contributed by atoms with van der Waals surface area (Å²) in [7, 11) is 0. The highest BCUT2D eigenvalue weighted by Crippen LogP contribution is 2.31. The number of amides is 4. The number of rotatable bonds is 7. The Bertz CT molecular complexity index is 1110. The molecule has 0 bridgehead atoms. The van der Waals surface area contributed by atoms with Crippen LogP contribution in [0.15, 0.2) is 48.0 Å². The first kappa shape index (κ1) is 22.5. The quantitative estimate of drug-likeness (QED) is 0.515. The number of aryl methyl sites for hydroxylation is 1. The van der Waals surface area contributed by atoms with E-state index in [9.17, 15) is 24.3 Å². The van der Waals surface area contributed by atoms with Crippen LogP contribution in [0.3, 0.4) is 0 Å². The third-order valence-electron chi connectivity index (χ3n) is 4.61. The summed E-state index contributed by atoms with van der Waals surface area (Å²) in [5.41, 5.74) is 1.44. The van der Waals surface area contributed by atoms with E-state index >= 15 is 0 Å². The van der Waals surface area contributed by atoms with E-state index in [4.69, 9.17) is 9.47 Å². The van der Waals surface area contributed by atoms with Crippen LogP contribution < -0.4 is 24.8 Å². The zero-order chi connectivity index (χ0) is 23.4. The molecule has 1 aliphatic rings. The standard InChI is InChI=1S/C23H22N2O7/c1-4-31-19-12-15(7-10-18(19)32-14(3)22(28)29)11-17-20(26)24-23(30)25(21(17)27)16-8-5-13(2)6-9-16/h5-12,14H,4H2,1-3H3,(H,28,29)(H,24,26,30)/p-1/b17-11-/t14-/m0/s1. The molecule has 0 aliphatic carbocycles. The number of benzene rings is 2. The van der Waals surface area contributed by atoms with Crippen molar-refractivity contribution in [2.75, 3.05) is 11.5 Å². The number of nitrogens with zero attached hydrogens (tertiary/aromatic N) is 1. The third-order valence-corrected chi connectivity index (χ3v) is 4.61. The molecule has 1 fully saturated rings. The Morgan fingerprint density at radius 1 is 1.12 bits per heavy atom. The Hall–Kier alpha value is -4.14. The summed E-state index contributed by atoms with van der Waals surface area (Å²) < 4.78 is 10.8. The molecule has 0 saturated carbocycles. The number of carbonyl (C=O) groups is 4. The molecule has 1 aliphatic heterocycles. The van der Waals surface area contributed by atoms with Gasteiger partial charge in [-0.3, -0.25) is 14.9 Å². The Balaban J connectivity index is 1.96. The van der Waals surface area contributed by atoms with Crippen molar-refractivity contribution in [3.63, 3.8) is 0 Å². The molecule has 166 valence electrons. The predicted octanol–water partition coefficient (Wildman–Crippen LogP) is 1.58. The van der Waals surface area contributed by atoms with Crippen molar-refractivity contribution >= 4 is 35.6 Å². The topological polar surface area (TPSA) is 125 Å². The Morgan fingerprint density at radius 2 is 1.81 bits per heavy atom. The fourth-order valence-electron chi connectivity index (χ4n) is 2.97. The van der Waals surface area contributed by atoms with Crippen LogP contribution in [0.25, 0.3) is 6.08 Å². The highest BCUT2D eigenvalue weighted by Gasteiger charge is 2.36. The maximum Gasteiger partial charge on any atom is 0.335 e. The molecule has 0 unspecified atom stereocenters. The Kier molecular flexibility index (Phi) is 6.58. The van der Waals surface area contributed by atoms with Crippen LogP contribution in [0.5, 0.6) is 11.5 Å². The second-order valence-electron chi connectivity index (χ2n) is 7.01. The van der Waals surface area contributed by atoms with Gasteiger partial charge in [0.2, 0.25) is 0 Å². The maximum atomic E-state index is 13.0. The molecule has 3 rings (SSSR count). The number of urea groups is 1. The molecule has 9 nitrogen and oxygen atoms in total. The SMILES string of the molecule is CCOc1cc(/C=C2/C(=O)NC(=O)N(c3ccc(C)cc3)C2=O)ccc1O[C@@H](C)C(=O)[O-]. The van der Waals surface area contributed by atoms with E-state index in [1.54, 1.807) is 31.2 Å². The van der Waals surface area contributed by atoms with Crippen molar-refractivity contribution in [3.05, 3.63) is 59.2 Å². The van der Waals surface area contributed by atoms with Crippen molar-refractivity contribution in [2.45, 2.75) is 26.9 Å². The van der Waals surface area contributed by atoms with E-state index < -0.39 is 29.9 Å². The van der Waals surface area contributed by atoms with Gasteiger partial charge in [0, 0.05) is 0 Å². The summed E-state index contributed by atoms with van der Waals surface area (Å²) in [5, 5.41) is 13.1. The molecule has 0 aromatic heterocycles. The lowest BCUT2D eigenvalue weighted by Crippen LogP contribution is -2.54. The minimum absolute atomic E-state index is 0.168. The number of ether oxygens (including phenoxy) is 2. The first-order valence-corrected chi connectivity index (χ1v) is 9.83. The number of barbiturate groups is 1. The molecular weight excluding hydrogens is 416 g/mol. The van der Waals surface area contributed by atoms with E-state index in [1.165, 1.54) is 31.2 Å². The fraction of sp³-hybridized carbons (Fsp3) is 0.217. The number of aliphatic carboxylic acids is 1. The highest BCUT2D eigenvalue weighted by molar-refractivity contribution is 6.39. The van der Waals surface area contributed by atoms with Crippen molar-refractivity contribution < 1.29 is 33.8 Å². The molecule has 4 amide bonds. The minimum Gasteiger partial charge on any atom is -0.546 e. The van der Waals surface area contributed by atoms with Crippen molar-refractivity contribution in [2.24, 2.45) is 0 Å². The van der Waals surface area contributed by atoms with Gasteiger partial charge in [-0.2, -0.15) is 0 Å². The van der Waals surface area contributed by atoms with Crippen LogP contribution >= 0.6 is 0 Å². The van der Waals surface area contributed by atoms with Gasteiger partial charge < -0.3 is 19.4 Å². The summed E-state index contributed by atoms with van der Waals surface area (Å²) in [4.78, 5) is 49.5. The number of imide groups is 2. The lowest BCUT2D eigenvalue weighted by molar-refractivity contribution is -0.312. The molecule has 2 aromatic rings. The van der Waals surface area contributed by atoms with Crippen LogP contribution in [0.4, 0.5) is 10.5 Å². The van der Waals surface area contributed by atoms with Gasteiger partial charge in [-0.1, -0.05) is 23.8 Å². The summed E-state index contributed by atoms with van der Waals surface area (Å²) in [6.07, 6.45) is 0.109. The van der Waals surface area contributed by atoms with Crippen LogP contribution in [0, 0.1) is 6.92 Å². The smallest absolute Gasteiger partial charge is 0.335 e. The molecule has 1 saturated heterocycles. The first-order valence-electron chi connectivity index (χ1n) is 9.83. The van der Waals surface area contributed by atoms with Crippen LogP contribution in [-0.4, -0.2) is 36.5 Å². The van der Waals surface area contributed by atoms with Gasteiger partial charge in [0.05, 0.1) is 18.3 Å². The lowest BCUT2D eigenvalue weighted by Gasteiger charge is -2.26. The van der Waals surface area contributed by atoms with E-state index in [1.807, 2.05) is 6.92 Å². The zero-order valence-electron chi connectivity index (χ0n) is 17.7. The normalized spacial score (nSPS) is 16.0. The molecule has 1 N–H and O–H groups in total. The summed E-state index contributed by atoms with van der Waals surface area (Å²) in [6, 6.07) is 10.4. The van der Waals surface area contributed by atoms with Gasteiger partial charge in [0.25, 0.3) is 11.8 Å². The van der Waals surface area contributed by atoms with Crippen LogP contribution in [-0.2, 0) is 14.4 Å². The maximum absolute atomic E-state index is 13.0. The van der Waals surface area contributed by atoms with Crippen molar-refractivity contribution in [1.29, 1.82) is 0 Å². The summed E-state index contributed by atoms with van der Waals surface area (Å²) in [5.74, 6) is -2.59. The van der Waals surface area contributed by atoms with Gasteiger partial charge in [-0.25, -0.2) is 9.69 Å². The van der Waals surface area contributed by atoms with E-state index in [0.717, 1.165) is 10.5 Å². The number of anilines is 1. The lowest BCUT2D eigenvalue weighted by atomic mass is 10.1. The molecule has 32 heavy (non-hydrogen) atoms. The van der Waals surface area contributed by atoms with Gasteiger partial charge in [-0.15, -0.1) is 0 Å². The minimum atomic E-state index is -1.39. The average Bonchev–Trinajstić information content (AvgIpc) is 2.74. The highest BCUT2D eigenvalue weighted by atomic mass is 16.5.